The molecule has 0 bridgehead atoms. The molecular weight excluding hydrogens is 212 g/mol. The molecule has 0 aromatic carbocycles. The number of carboxylic acids is 1. The van der Waals surface area contributed by atoms with Gasteiger partial charge in [-0.2, -0.15) is 0 Å². The summed E-state index contributed by atoms with van der Waals surface area (Å²) >= 11 is 0. The fourth-order valence-electron chi connectivity index (χ4n) is 1.36. The molecule has 6 heteroatoms. The second kappa shape index (κ2) is 5.41. The Balaban J connectivity index is 2.81. The smallest absolute Gasteiger partial charge is 0.342 e. The molecule has 2 N–H and O–H groups in total. The summed E-state index contributed by atoms with van der Waals surface area (Å²) in [4.78, 5) is 28.2. The third-order valence-electron chi connectivity index (χ3n) is 2.08. The molecule has 0 spiro atoms. The van der Waals surface area contributed by atoms with Gasteiger partial charge in [-0.25, -0.2) is 9.78 Å². The monoisotopic (exact) mass is 226 g/mol. The van der Waals surface area contributed by atoms with E-state index in [0.717, 1.165) is 6.20 Å². The summed E-state index contributed by atoms with van der Waals surface area (Å²) in [5.41, 5.74) is -0.967. The highest BCUT2D eigenvalue weighted by atomic mass is 16.5. The number of hydrogen-bond acceptors (Lipinski definition) is 4. The van der Waals surface area contributed by atoms with E-state index in [2.05, 4.69) is 9.97 Å². The van der Waals surface area contributed by atoms with Gasteiger partial charge >= 0.3 is 5.97 Å². The topological polar surface area (TPSA) is 92.3 Å². The minimum absolute atomic E-state index is 0.212. The summed E-state index contributed by atoms with van der Waals surface area (Å²) in [6.45, 7) is 2.51. The molecule has 0 saturated heterocycles. The summed E-state index contributed by atoms with van der Waals surface area (Å²) in [5.74, 6) is -0.589. The summed E-state index contributed by atoms with van der Waals surface area (Å²) in [6.07, 6.45) is 1.62. The molecule has 1 unspecified atom stereocenters. The van der Waals surface area contributed by atoms with Gasteiger partial charge in [-0.3, -0.25) is 4.79 Å². The average Bonchev–Trinajstić information content (AvgIpc) is 2.17. The third kappa shape index (κ3) is 3.16. The van der Waals surface area contributed by atoms with E-state index in [4.69, 9.17) is 9.84 Å². The van der Waals surface area contributed by atoms with Gasteiger partial charge in [0.25, 0.3) is 5.56 Å². The van der Waals surface area contributed by atoms with Crippen molar-refractivity contribution >= 4 is 5.97 Å². The van der Waals surface area contributed by atoms with Gasteiger partial charge < -0.3 is 14.8 Å². The zero-order valence-corrected chi connectivity index (χ0v) is 9.19. The molecule has 1 rings (SSSR count). The van der Waals surface area contributed by atoms with Crippen LogP contribution >= 0.6 is 0 Å². The fraction of sp³-hybridized carbons (Fsp3) is 0.500. The maximum absolute atomic E-state index is 11.3. The Morgan fingerprint density at radius 1 is 1.69 bits per heavy atom. The number of H-pyrrole nitrogens is 1. The van der Waals surface area contributed by atoms with Crippen molar-refractivity contribution in [1.29, 1.82) is 0 Å². The van der Waals surface area contributed by atoms with Crippen molar-refractivity contribution in [2.45, 2.75) is 13.3 Å². The van der Waals surface area contributed by atoms with E-state index in [9.17, 15) is 9.59 Å². The van der Waals surface area contributed by atoms with Crippen LogP contribution in [0.25, 0.3) is 0 Å². The Kier molecular flexibility index (Phi) is 4.19. The number of carbonyl (C=O) groups is 1. The quantitative estimate of drug-likeness (QED) is 0.753. The van der Waals surface area contributed by atoms with Crippen molar-refractivity contribution in [2.75, 3.05) is 13.7 Å². The van der Waals surface area contributed by atoms with Crippen LogP contribution in [0.1, 0.15) is 23.1 Å². The van der Waals surface area contributed by atoms with Gasteiger partial charge in [0.15, 0.2) is 0 Å². The van der Waals surface area contributed by atoms with E-state index in [-0.39, 0.29) is 11.5 Å². The number of aromatic nitrogens is 2. The average molecular weight is 226 g/mol. The normalized spacial score (nSPS) is 12.4. The molecule has 0 fully saturated rings. The summed E-state index contributed by atoms with van der Waals surface area (Å²) in [7, 11) is 1.60. The highest BCUT2D eigenvalue weighted by Crippen LogP contribution is 2.02. The summed E-state index contributed by atoms with van der Waals surface area (Å²) in [6, 6.07) is 0. The Labute approximate surface area is 92.3 Å². The number of rotatable bonds is 5. The van der Waals surface area contributed by atoms with E-state index in [1.54, 1.807) is 7.11 Å². The van der Waals surface area contributed by atoms with Gasteiger partial charge in [0.1, 0.15) is 11.4 Å². The molecule has 6 nitrogen and oxygen atoms in total. The van der Waals surface area contributed by atoms with Crippen molar-refractivity contribution in [1.82, 2.24) is 9.97 Å². The molecule has 1 aromatic rings. The Morgan fingerprint density at radius 3 is 2.88 bits per heavy atom. The van der Waals surface area contributed by atoms with E-state index in [1.165, 1.54) is 0 Å². The van der Waals surface area contributed by atoms with Gasteiger partial charge in [0.05, 0.1) is 0 Å². The standard InChI is InChI=1S/C10H14N2O4/c1-6(5-16-2)3-8-11-4-7(10(14)15)9(13)12-8/h4,6H,3,5H2,1-2H3,(H,14,15)(H,11,12,13). The van der Waals surface area contributed by atoms with Crippen LogP contribution in [0.15, 0.2) is 11.0 Å². The van der Waals surface area contributed by atoms with Crippen LogP contribution in [0, 0.1) is 5.92 Å². The molecular formula is C10H14N2O4. The van der Waals surface area contributed by atoms with E-state index >= 15 is 0 Å². The molecule has 0 aliphatic heterocycles. The first-order chi connectivity index (χ1) is 7.54. The predicted octanol–water partition coefficient (Wildman–Crippen LogP) is 0.293. The largest absolute Gasteiger partial charge is 0.477 e. The minimum atomic E-state index is -1.27. The molecule has 16 heavy (non-hydrogen) atoms. The number of nitrogens with zero attached hydrogens (tertiary/aromatic N) is 1. The molecule has 1 heterocycles. The number of methoxy groups -OCH3 is 1. The predicted molar refractivity (Wildman–Crippen MR) is 56.6 cm³/mol. The summed E-state index contributed by atoms with van der Waals surface area (Å²) < 4.78 is 4.95. The van der Waals surface area contributed by atoms with Crippen molar-refractivity contribution in [3.63, 3.8) is 0 Å². The molecule has 0 radical (unpaired) electrons. The Bertz CT molecular complexity index is 427. The van der Waals surface area contributed by atoms with Crippen molar-refractivity contribution in [2.24, 2.45) is 5.92 Å². The van der Waals surface area contributed by atoms with Crippen LogP contribution in [0.3, 0.4) is 0 Å². The van der Waals surface area contributed by atoms with Gasteiger partial charge in [-0.15, -0.1) is 0 Å². The number of carboxylic acid groups (broad SMARTS) is 1. The lowest BCUT2D eigenvalue weighted by Gasteiger charge is -2.08. The van der Waals surface area contributed by atoms with Crippen molar-refractivity contribution < 1.29 is 14.6 Å². The summed E-state index contributed by atoms with van der Waals surface area (Å²) in [5, 5.41) is 8.64. The van der Waals surface area contributed by atoms with Gasteiger partial charge in [0.2, 0.25) is 0 Å². The second-order valence-electron chi connectivity index (χ2n) is 3.64. The van der Waals surface area contributed by atoms with Crippen LogP contribution in [-0.4, -0.2) is 34.8 Å². The lowest BCUT2D eigenvalue weighted by molar-refractivity contribution is 0.0694. The zero-order chi connectivity index (χ0) is 12.1. The molecule has 1 aromatic heterocycles. The van der Waals surface area contributed by atoms with E-state index in [0.29, 0.717) is 18.9 Å². The highest BCUT2D eigenvalue weighted by Gasteiger charge is 2.11. The maximum Gasteiger partial charge on any atom is 0.342 e. The number of aromatic amines is 1. The first kappa shape index (κ1) is 12.4. The molecule has 0 aliphatic carbocycles. The molecule has 0 aliphatic rings. The fourth-order valence-corrected chi connectivity index (χ4v) is 1.36. The number of ether oxygens (including phenoxy) is 1. The first-order valence-electron chi connectivity index (χ1n) is 4.85. The van der Waals surface area contributed by atoms with Gasteiger partial charge in [0, 0.05) is 26.3 Å². The SMILES string of the molecule is COCC(C)Cc1ncc(C(=O)O)c(=O)[nH]1. The van der Waals surface area contributed by atoms with Crippen LogP contribution in [0.5, 0.6) is 0 Å². The van der Waals surface area contributed by atoms with Gasteiger partial charge in [-0.1, -0.05) is 6.92 Å². The van der Waals surface area contributed by atoms with E-state index in [1.807, 2.05) is 6.92 Å². The lowest BCUT2D eigenvalue weighted by Crippen LogP contribution is -2.21. The molecule has 0 amide bonds. The van der Waals surface area contributed by atoms with Crippen LogP contribution in [0.4, 0.5) is 0 Å². The molecule has 0 saturated carbocycles. The number of nitrogens with one attached hydrogen (secondary N) is 1. The Hall–Kier alpha value is -1.69. The third-order valence-corrected chi connectivity index (χ3v) is 2.08. The zero-order valence-electron chi connectivity index (χ0n) is 9.19. The first-order valence-corrected chi connectivity index (χ1v) is 4.85. The van der Waals surface area contributed by atoms with Crippen molar-refractivity contribution in [3.05, 3.63) is 27.9 Å². The van der Waals surface area contributed by atoms with Crippen LogP contribution in [0.2, 0.25) is 0 Å². The van der Waals surface area contributed by atoms with Crippen molar-refractivity contribution in [3.8, 4) is 0 Å². The maximum atomic E-state index is 11.3. The van der Waals surface area contributed by atoms with Crippen LogP contribution in [-0.2, 0) is 11.2 Å². The number of aromatic carboxylic acids is 1. The molecule has 88 valence electrons. The Morgan fingerprint density at radius 2 is 2.38 bits per heavy atom. The number of hydrogen-bond donors (Lipinski definition) is 2. The van der Waals surface area contributed by atoms with Gasteiger partial charge in [-0.05, 0) is 5.92 Å². The lowest BCUT2D eigenvalue weighted by atomic mass is 10.1. The van der Waals surface area contributed by atoms with E-state index < -0.39 is 11.5 Å². The second-order valence-corrected chi connectivity index (χ2v) is 3.64. The molecule has 1 atom stereocenters. The highest BCUT2D eigenvalue weighted by molar-refractivity contribution is 5.86. The minimum Gasteiger partial charge on any atom is -0.477 e. The van der Waals surface area contributed by atoms with Crippen LogP contribution < -0.4 is 5.56 Å².